The van der Waals surface area contributed by atoms with Crippen molar-refractivity contribution in [2.24, 2.45) is 10.9 Å². The van der Waals surface area contributed by atoms with Gasteiger partial charge in [-0.05, 0) is 24.8 Å². The Morgan fingerprint density at radius 2 is 2.14 bits per heavy atom. The van der Waals surface area contributed by atoms with Crippen LogP contribution in [0.5, 0.6) is 0 Å². The predicted octanol–water partition coefficient (Wildman–Crippen LogP) is 1.42. The van der Waals surface area contributed by atoms with Gasteiger partial charge in [-0.1, -0.05) is 13.8 Å². The normalized spacial score (nSPS) is 12.0. The number of aryl methyl sites for hydroxylation is 1. The van der Waals surface area contributed by atoms with Crippen molar-refractivity contribution < 1.29 is 4.74 Å². The molecule has 0 radical (unpaired) electrons. The molecule has 1 aromatic heterocycles. The minimum atomic E-state index is 0.596. The molecule has 0 saturated heterocycles. The number of rotatable bonds is 9. The number of aromatic nitrogens is 2. The Labute approximate surface area is 128 Å². The highest BCUT2D eigenvalue weighted by Crippen LogP contribution is 1.93. The Bertz CT molecular complexity index is 414. The van der Waals surface area contributed by atoms with Gasteiger partial charge in [0.05, 0.1) is 12.7 Å². The van der Waals surface area contributed by atoms with Gasteiger partial charge in [-0.3, -0.25) is 9.67 Å². The minimum absolute atomic E-state index is 0.596. The number of hydrogen-bond donors (Lipinski definition) is 2. The van der Waals surface area contributed by atoms with Crippen LogP contribution in [0, 0.1) is 12.8 Å². The third kappa shape index (κ3) is 8.34. The van der Waals surface area contributed by atoms with Gasteiger partial charge in [-0.25, -0.2) is 0 Å². The Morgan fingerprint density at radius 3 is 2.76 bits per heavy atom. The van der Waals surface area contributed by atoms with Crippen LogP contribution in [-0.4, -0.2) is 49.1 Å². The molecule has 21 heavy (non-hydrogen) atoms. The van der Waals surface area contributed by atoms with E-state index < -0.39 is 0 Å². The zero-order chi connectivity index (χ0) is 15.5. The number of aliphatic imine (C=N–C) groups is 1. The summed E-state index contributed by atoms with van der Waals surface area (Å²) in [6, 6.07) is 0. The zero-order valence-corrected chi connectivity index (χ0v) is 13.7. The summed E-state index contributed by atoms with van der Waals surface area (Å²) < 4.78 is 7.47. The van der Waals surface area contributed by atoms with Crippen LogP contribution in [0.1, 0.15) is 25.8 Å². The monoisotopic (exact) mass is 295 g/mol. The molecule has 6 heteroatoms. The van der Waals surface area contributed by atoms with E-state index in [1.165, 1.54) is 5.56 Å². The van der Waals surface area contributed by atoms with E-state index in [9.17, 15) is 0 Å². The van der Waals surface area contributed by atoms with Crippen LogP contribution in [0.15, 0.2) is 17.4 Å². The quantitative estimate of drug-likeness (QED) is 0.411. The first-order chi connectivity index (χ1) is 10.1. The lowest BCUT2D eigenvalue weighted by Crippen LogP contribution is -2.39. The lowest BCUT2D eigenvalue weighted by Gasteiger charge is -2.12. The fraction of sp³-hybridized carbons (Fsp3) is 0.733. The van der Waals surface area contributed by atoms with Crippen molar-refractivity contribution in [3.05, 3.63) is 18.0 Å². The zero-order valence-electron chi connectivity index (χ0n) is 13.7. The third-order valence-electron chi connectivity index (χ3n) is 2.83. The van der Waals surface area contributed by atoms with Gasteiger partial charge in [0.1, 0.15) is 0 Å². The van der Waals surface area contributed by atoms with Crippen LogP contribution in [0.25, 0.3) is 0 Å². The molecule has 2 N–H and O–H groups in total. The molecule has 0 aliphatic heterocycles. The maximum absolute atomic E-state index is 5.54. The number of guanidine groups is 1. The van der Waals surface area contributed by atoms with Crippen molar-refractivity contribution in [2.75, 3.05) is 33.4 Å². The highest BCUT2D eigenvalue weighted by Gasteiger charge is 1.99. The molecule has 0 spiro atoms. The Morgan fingerprint density at radius 1 is 1.38 bits per heavy atom. The molecule has 0 atom stereocenters. The summed E-state index contributed by atoms with van der Waals surface area (Å²) in [6.07, 6.45) is 4.87. The van der Waals surface area contributed by atoms with Gasteiger partial charge in [0.25, 0.3) is 0 Å². The molecule has 120 valence electrons. The van der Waals surface area contributed by atoms with E-state index in [1.807, 2.05) is 24.0 Å². The Kier molecular flexibility index (Phi) is 8.50. The number of nitrogens with one attached hydrogen (secondary N) is 2. The van der Waals surface area contributed by atoms with Gasteiger partial charge in [0.15, 0.2) is 5.96 Å². The summed E-state index contributed by atoms with van der Waals surface area (Å²) in [7, 11) is 1.78. The summed E-state index contributed by atoms with van der Waals surface area (Å²) in [4.78, 5) is 4.19. The Balaban J connectivity index is 2.06. The van der Waals surface area contributed by atoms with Gasteiger partial charge >= 0.3 is 0 Å². The lowest BCUT2D eigenvalue weighted by molar-refractivity contribution is 0.108. The molecule has 0 aliphatic carbocycles. The average molecular weight is 295 g/mol. The number of nitrogens with zero attached hydrogens (tertiary/aromatic N) is 3. The highest BCUT2D eigenvalue weighted by molar-refractivity contribution is 5.79. The molecule has 0 bridgehead atoms. The molecule has 0 unspecified atom stereocenters. The van der Waals surface area contributed by atoms with Crippen molar-refractivity contribution in [3.63, 3.8) is 0 Å². The minimum Gasteiger partial charge on any atom is -0.381 e. The molecular weight excluding hydrogens is 266 g/mol. The van der Waals surface area contributed by atoms with E-state index in [4.69, 9.17) is 4.74 Å². The van der Waals surface area contributed by atoms with Crippen molar-refractivity contribution >= 4 is 5.96 Å². The molecule has 1 aromatic rings. The Hall–Kier alpha value is -1.56. The molecule has 0 fully saturated rings. The maximum Gasteiger partial charge on any atom is 0.191 e. The first-order valence-corrected chi connectivity index (χ1v) is 7.63. The SMILES string of the molecule is CN=C(NCCCOCC(C)C)NCCn1cc(C)cn1. The van der Waals surface area contributed by atoms with Gasteiger partial charge in [-0.2, -0.15) is 5.10 Å². The second-order valence-corrected chi connectivity index (χ2v) is 5.53. The lowest BCUT2D eigenvalue weighted by atomic mass is 10.2. The molecule has 1 rings (SSSR count). The fourth-order valence-corrected chi connectivity index (χ4v) is 1.80. The summed E-state index contributed by atoms with van der Waals surface area (Å²) in [5, 5.41) is 10.8. The van der Waals surface area contributed by atoms with Gasteiger partial charge in [-0.15, -0.1) is 0 Å². The number of hydrogen-bond acceptors (Lipinski definition) is 3. The van der Waals surface area contributed by atoms with E-state index in [-0.39, 0.29) is 0 Å². The molecule has 0 aromatic carbocycles. The first-order valence-electron chi connectivity index (χ1n) is 7.63. The van der Waals surface area contributed by atoms with Crippen LogP contribution < -0.4 is 10.6 Å². The van der Waals surface area contributed by atoms with E-state index in [0.717, 1.165) is 45.2 Å². The average Bonchev–Trinajstić information content (AvgIpc) is 2.86. The highest BCUT2D eigenvalue weighted by atomic mass is 16.5. The van der Waals surface area contributed by atoms with Crippen LogP contribution in [0.4, 0.5) is 0 Å². The second-order valence-electron chi connectivity index (χ2n) is 5.53. The third-order valence-corrected chi connectivity index (χ3v) is 2.83. The van der Waals surface area contributed by atoms with Crippen molar-refractivity contribution in [1.82, 2.24) is 20.4 Å². The maximum atomic E-state index is 5.54. The van der Waals surface area contributed by atoms with Crippen LogP contribution in [-0.2, 0) is 11.3 Å². The van der Waals surface area contributed by atoms with Gasteiger partial charge in [0, 0.05) is 39.5 Å². The molecule has 6 nitrogen and oxygen atoms in total. The van der Waals surface area contributed by atoms with Crippen molar-refractivity contribution in [2.45, 2.75) is 33.7 Å². The van der Waals surface area contributed by atoms with E-state index in [2.05, 4.69) is 34.6 Å². The standard InChI is InChI=1S/C15H29N5O/c1-13(2)12-21-9-5-6-17-15(16-4)18-7-8-20-11-14(3)10-19-20/h10-11,13H,5-9,12H2,1-4H3,(H2,16,17,18). The van der Waals surface area contributed by atoms with Crippen molar-refractivity contribution in [1.29, 1.82) is 0 Å². The van der Waals surface area contributed by atoms with Crippen LogP contribution in [0.2, 0.25) is 0 Å². The van der Waals surface area contributed by atoms with E-state index >= 15 is 0 Å². The largest absolute Gasteiger partial charge is 0.381 e. The van der Waals surface area contributed by atoms with E-state index in [0.29, 0.717) is 5.92 Å². The summed E-state index contributed by atoms with van der Waals surface area (Å²) in [5.74, 6) is 1.42. The summed E-state index contributed by atoms with van der Waals surface area (Å²) in [6.45, 7) is 10.5. The van der Waals surface area contributed by atoms with Gasteiger partial charge in [0.2, 0.25) is 0 Å². The van der Waals surface area contributed by atoms with Crippen LogP contribution in [0.3, 0.4) is 0 Å². The predicted molar refractivity (Wildman–Crippen MR) is 86.6 cm³/mol. The summed E-state index contributed by atoms with van der Waals surface area (Å²) >= 11 is 0. The topological polar surface area (TPSA) is 63.5 Å². The first kappa shape index (κ1) is 17.5. The molecular formula is C15H29N5O. The molecule has 0 saturated carbocycles. The summed E-state index contributed by atoms with van der Waals surface area (Å²) in [5.41, 5.74) is 1.18. The molecule has 1 heterocycles. The van der Waals surface area contributed by atoms with Gasteiger partial charge < -0.3 is 15.4 Å². The fourth-order valence-electron chi connectivity index (χ4n) is 1.80. The van der Waals surface area contributed by atoms with E-state index in [1.54, 1.807) is 7.05 Å². The molecule has 0 aliphatic rings. The number of ether oxygens (including phenoxy) is 1. The van der Waals surface area contributed by atoms with Crippen molar-refractivity contribution in [3.8, 4) is 0 Å². The second kappa shape index (κ2) is 10.2. The molecule has 0 amide bonds. The smallest absolute Gasteiger partial charge is 0.191 e. The van der Waals surface area contributed by atoms with Crippen LogP contribution >= 0.6 is 0 Å².